The summed E-state index contributed by atoms with van der Waals surface area (Å²) in [6, 6.07) is 2.42. The fourth-order valence-corrected chi connectivity index (χ4v) is 4.20. The normalized spacial score (nSPS) is 23.7. The molecule has 0 radical (unpaired) electrons. The molecule has 1 saturated carbocycles. The molecule has 0 bridgehead atoms. The quantitative estimate of drug-likeness (QED) is 0.885. The Balaban J connectivity index is 1.63. The van der Waals surface area contributed by atoms with Gasteiger partial charge in [0.1, 0.15) is 5.82 Å². The maximum atomic E-state index is 4.77. The third-order valence-corrected chi connectivity index (χ3v) is 5.30. The molecule has 100 valence electrons. The molecule has 3 heterocycles. The van der Waals surface area contributed by atoms with Crippen LogP contribution in [-0.2, 0) is 6.42 Å². The molecule has 2 aromatic rings. The minimum Gasteiger partial charge on any atom is -0.303 e. The monoisotopic (exact) mass is 274 g/mol. The van der Waals surface area contributed by atoms with E-state index in [-0.39, 0.29) is 6.04 Å². The first kappa shape index (κ1) is 11.6. The van der Waals surface area contributed by atoms with Gasteiger partial charge in [-0.1, -0.05) is 12.8 Å². The maximum Gasteiger partial charge on any atom is 0.153 e. The van der Waals surface area contributed by atoms with Gasteiger partial charge in [-0.2, -0.15) is 5.10 Å². The second-order valence-electron chi connectivity index (χ2n) is 5.50. The molecule has 0 saturated heterocycles. The molecule has 0 spiro atoms. The van der Waals surface area contributed by atoms with Gasteiger partial charge in [-0.25, -0.2) is 4.98 Å². The molecular weight excluding hydrogens is 256 g/mol. The van der Waals surface area contributed by atoms with Crippen molar-refractivity contribution in [2.75, 3.05) is 6.54 Å². The number of nitrogens with zero attached hydrogens (tertiary/aromatic N) is 2. The zero-order chi connectivity index (χ0) is 12.7. The molecule has 1 atom stereocenters. The number of aromatic nitrogens is 3. The Morgan fingerprint density at radius 1 is 1.26 bits per heavy atom. The molecule has 1 unspecified atom stereocenters. The van der Waals surface area contributed by atoms with Crippen LogP contribution in [0.1, 0.15) is 59.7 Å². The van der Waals surface area contributed by atoms with Crippen molar-refractivity contribution in [3.63, 3.8) is 0 Å². The molecule has 2 aliphatic rings. The van der Waals surface area contributed by atoms with Crippen LogP contribution in [0.15, 0.2) is 11.4 Å². The lowest BCUT2D eigenvalue weighted by Gasteiger charge is -2.22. The van der Waals surface area contributed by atoms with Gasteiger partial charge in [0.2, 0.25) is 0 Å². The van der Waals surface area contributed by atoms with Crippen molar-refractivity contribution in [2.45, 2.75) is 44.1 Å². The zero-order valence-corrected chi connectivity index (χ0v) is 11.7. The second-order valence-corrected chi connectivity index (χ2v) is 6.50. The third kappa shape index (κ3) is 2.01. The second kappa shape index (κ2) is 4.72. The highest BCUT2D eigenvalue weighted by Crippen LogP contribution is 2.34. The van der Waals surface area contributed by atoms with E-state index < -0.39 is 0 Å². The van der Waals surface area contributed by atoms with E-state index in [0.29, 0.717) is 5.92 Å². The largest absolute Gasteiger partial charge is 0.303 e. The lowest BCUT2D eigenvalue weighted by molar-refractivity contribution is 0.550. The highest BCUT2D eigenvalue weighted by atomic mass is 32.1. The first-order valence-electron chi connectivity index (χ1n) is 7.13. The molecule has 0 aromatic carbocycles. The summed E-state index contributed by atoms with van der Waals surface area (Å²) in [6.07, 6.45) is 6.28. The van der Waals surface area contributed by atoms with E-state index in [0.717, 1.165) is 24.6 Å². The standard InChI is InChI=1S/C14H18N4S/c1-2-4-9(3-1)13-16-14(18-17-13)12-10-6-8-19-11(10)5-7-15-12/h6,8-9,12,15H,1-5,7H2,(H,16,17,18). The minimum atomic E-state index is 0.206. The van der Waals surface area contributed by atoms with E-state index in [1.165, 1.54) is 36.1 Å². The van der Waals surface area contributed by atoms with Gasteiger partial charge in [-0.15, -0.1) is 11.3 Å². The molecule has 4 rings (SSSR count). The molecule has 1 aliphatic carbocycles. The lowest BCUT2D eigenvalue weighted by atomic mass is 10.0. The van der Waals surface area contributed by atoms with E-state index in [1.54, 1.807) is 0 Å². The molecule has 2 aromatic heterocycles. The average Bonchev–Trinajstić information content (AvgIpc) is 3.18. The predicted octanol–water partition coefficient (Wildman–Crippen LogP) is 2.76. The Bertz CT molecular complexity index is 568. The summed E-state index contributed by atoms with van der Waals surface area (Å²) in [6.45, 7) is 1.03. The number of hydrogen-bond acceptors (Lipinski definition) is 4. The highest BCUT2D eigenvalue weighted by molar-refractivity contribution is 7.10. The number of nitrogens with one attached hydrogen (secondary N) is 2. The molecular formula is C14H18N4S. The van der Waals surface area contributed by atoms with Crippen molar-refractivity contribution in [2.24, 2.45) is 0 Å². The van der Waals surface area contributed by atoms with Crippen LogP contribution in [0, 0.1) is 0 Å². The summed E-state index contributed by atoms with van der Waals surface area (Å²) < 4.78 is 0. The fraction of sp³-hybridized carbons (Fsp3) is 0.571. The van der Waals surface area contributed by atoms with E-state index in [9.17, 15) is 0 Å². The van der Waals surface area contributed by atoms with Crippen LogP contribution in [0.4, 0.5) is 0 Å². The predicted molar refractivity (Wildman–Crippen MR) is 75.5 cm³/mol. The van der Waals surface area contributed by atoms with Crippen LogP contribution in [0.25, 0.3) is 0 Å². The number of aromatic amines is 1. The zero-order valence-electron chi connectivity index (χ0n) is 10.9. The van der Waals surface area contributed by atoms with Gasteiger partial charge in [0.25, 0.3) is 0 Å². The average molecular weight is 274 g/mol. The van der Waals surface area contributed by atoms with E-state index in [1.807, 2.05) is 11.3 Å². The summed E-state index contributed by atoms with van der Waals surface area (Å²) in [5.41, 5.74) is 1.38. The van der Waals surface area contributed by atoms with Crippen LogP contribution >= 0.6 is 11.3 Å². The summed E-state index contributed by atoms with van der Waals surface area (Å²) in [7, 11) is 0. The number of rotatable bonds is 2. The van der Waals surface area contributed by atoms with Gasteiger partial charge in [0, 0.05) is 17.3 Å². The van der Waals surface area contributed by atoms with E-state index in [4.69, 9.17) is 4.98 Å². The molecule has 0 amide bonds. The van der Waals surface area contributed by atoms with Crippen LogP contribution in [-0.4, -0.2) is 21.7 Å². The van der Waals surface area contributed by atoms with Crippen LogP contribution in [0.3, 0.4) is 0 Å². The SMILES string of the molecule is c1cc2c(s1)CCNC2c1nc(C2CCCC2)n[nH]1. The number of hydrogen-bond donors (Lipinski definition) is 2. The van der Waals surface area contributed by atoms with Crippen molar-refractivity contribution < 1.29 is 0 Å². The first-order valence-corrected chi connectivity index (χ1v) is 8.01. The van der Waals surface area contributed by atoms with Crippen molar-refractivity contribution in [3.05, 3.63) is 33.5 Å². The van der Waals surface area contributed by atoms with Gasteiger partial charge in [0.15, 0.2) is 5.82 Å². The molecule has 1 aliphatic heterocycles. The van der Waals surface area contributed by atoms with Crippen molar-refractivity contribution >= 4 is 11.3 Å². The fourth-order valence-electron chi connectivity index (χ4n) is 3.28. The van der Waals surface area contributed by atoms with Crippen LogP contribution in [0.5, 0.6) is 0 Å². The Hall–Kier alpha value is -1.20. The Morgan fingerprint density at radius 2 is 2.16 bits per heavy atom. The van der Waals surface area contributed by atoms with E-state index in [2.05, 4.69) is 27.0 Å². The Kier molecular flexibility index (Phi) is 2.89. The van der Waals surface area contributed by atoms with Gasteiger partial charge in [-0.3, -0.25) is 5.10 Å². The van der Waals surface area contributed by atoms with E-state index >= 15 is 0 Å². The summed E-state index contributed by atoms with van der Waals surface area (Å²) in [4.78, 5) is 6.26. The topological polar surface area (TPSA) is 53.6 Å². The number of thiophene rings is 1. The van der Waals surface area contributed by atoms with Gasteiger partial charge < -0.3 is 5.32 Å². The maximum absolute atomic E-state index is 4.77. The number of fused-ring (bicyclic) bond motifs is 1. The molecule has 2 N–H and O–H groups in total. The highest BCUT2D eigenvalue weighted by Gasteiger charge is 2.27. The first-order chi connectivity index (χ1) is 9.42. The van der Waals surface area contributed by atoms with Gasteiger partial charge in [-0.05, 0) is 36.3 Å². The third-order valence-electron chi connectivity index (χ3n) is 4.31. The van der Waals surface area contributed by atoms with Gasteiger partial charge >= 0.3 is 0 Å². The van der Waals surface area contributed by atoms with Crippen molar-refractivity contribution in [1.29, 1.82) is 0 Å². The molecule has 19 heavy (non-hydrogen) atoms. The minimum absolute atomic E-state index is 0.206. The molecule has 4 nitrogen and oxygen atoms in total. The van der Waals surface area contributed by atoms with Crippen molar-refractivity contribution in [3.8, 4) is 0 Å². The summed E-state index contributed by atoms with van der Waals surface area (Å²) in [5, 5.41) is 13.4. The van der Waals surface area contributed by atoms with Crippen LogP contribution < -0.4 is 5.32 Å². The lowest BCUT2D eigenvalue weighted by Crippen LogP contribution is -2.30. The van der Waals surface area contributed by atoms with Gasteiger partial charge in [0.05, 0.1) is 6.04 Å². The summed E-state index contributed by atoms with van der Waals surface area (Å²) >= 11 is 1.85. The van der Waals surface area contributed by atoms with Crippen LogP contribution in [0.2, 0.25) is 0 Å². The number of H-pyrrole nitrogens is 1. The smallest absolute Gasteiger partial charge is 0.153 e. The summed E-state index contributed by atoms with van der Waals surface area (Å²) in [5.74, 6) is 2.59. The van der Waals surface area contributed by atoms with Crippen molar-refractivity contribution in [1.82, 2.24) is 20.5 Å². The molecule has 1 fully saturated rings. The Morgan fingerprint density at radius 3 is 3.05 bits per heavy atom. The molecule has 5 heteroatoms. The Labute approximate surface area is 116 Å².